The summed E-state index contributed by atoms with van der Waals surface area (Å²) in [7, 11) is -3.37. The van der Waals surface area contributed by atoms with Gasteiger partial charge in [-0.05, 0) is 43.5 Å². The lowest BCUT2D eigenvalue weighted by atomic mass is 10.0. The van der Waals surface area contributed by atoms with Gasteiger partial charge in [0.2, 0.25) is 15.6 Å². The molecule has 1 heterocycles. The second-order valence-electron chi connectivity index (χ2n) is 8.72. The van der Waals surface area contributed by atoms with Gasteiger partial charge >= 0.3 is 0 Å². The summed E-state index contributed by atoms with van der Waals surface area (Å²) in [4.78, 5) is 0. The molecule has 33 heavy (non-hydrogen) atoms. The molecule has 0 amide bonds. The van der Waals surface area contributed by atoms with Crippen molar-refractivity contribution >= 4 is 21.1 Å². The van der Waals surface area contributed by atoms with E-state index in [1.165, 1.54) is 17.4 Å². The number of nitrogens with zero attached hydrogens (tertiary/aromatic N) is 2. The molecule has 0 fully saturated rings. The number of aryl methyl sites for hydroxylation is 2. The normalized spacial score (nSPS) is 12.8. The Morgan fingerprint density at radius 2 is 1.39 bits per heavy atom. The van der Waals surface area contributed by atoms with Gasteiger partial charge in [-0.3, -0.25) is 5.41 Å². The minimum Gasteiger partial charge on any atom is -0.306 e. The van der Waals surface area contributed by atoms with Crippen LogP contribution in [0.2, 0.25) is 0 Å². The molecular weight excluding hydrogens is 432 g/mol. The first-order chi connectivity index (χ1) is 15.7. The topological polar surface area (TPSA) is 79.9 Å². The van der Waals surface area contributed by atoms with Gasteiger partial charge in [0.1, 0.15) is 0 Å². The maximum atomic E-state index is 11.9. The summed E-state index contributed by atoms with van der Waals surface area (Å²) in [5.41, 5.74) is 6.81. The fourth-order valence-electron chi connectivity index (χ4n) is 4.16. The van der Waals surface area contributed by atoms with E-state index in [4.69, 9.17) is 5.41 Å². The van der Waals surface area contributed by atoms with Gasteiger partial charge in [0.05, 0.1) is 29.9 Å². The molecule has 0 aliphatic heterocycles. The second-order valence-corrected chi connectivity index (χ2v) is 10.6. The summed E-state index contributed by atoms with van der Waals surface area (Å²) in [6, 6.07) is 24.3. The molecule has 1 aromatic heterocycles. The highest BCUT2D eigenvalue weighted by molar-refractivity contribution is 7.88. The fourth-order valence-corrected chi connectivity index (χ4v) is 4.65. The number of fused-ring (bicyclic) bond motifs is 1. The monoisotopic (exact) mass is 462 g/mol. The van der Waals surface area contributed by atoms with Crippen LogP contribution in [0.25, 0.3) is 11.0 Å². The number of aromatic nitrogens is 2. The zero-order valence-electron chi connectivity index (χ0n) is 19.2. The van der Waals surface area contributed by atoms with E-state index >= 15 is 0 Å². The number of sulfonamides is 1. The smallest absolute Gasteiger partial charge is 0.208 e. The molecule has 7 heteroatoms. The number of benzene rings is 3. The van der Waals surface area contributed by atoms with Gasteiger partial charge in [0, 0.05) is 6.54 Å². The Labute approximate surface area is 195 Å². The molecule has 4 aromatic rings. The third-order valence-corrected chi connectivity index (χ3v) is 6.61. The third kappa shape index (κ3) is 5.43. The molecule has 2 N–H and O–H groups in total. The Bertz CT molecular complexity index is 1420. The highest BCUT2D eigenvalue weighted by atomic mass is 32.2. The van der Waals surface area contributed by atoms with Gasteiger partial charge in [-0.25, -0.2) is 13.1 Å². The van der Waals surface area contributed by atoms with Crippen molar-refractivity contribution in [1.29, 1.82) is 5.41 Å². The summed E-state index contributed by atoms with van der Waals surface area (Å²) in [5, 5.41) is 9.08. The highest BCUT2D eigenvalue weighted by Gasteiger charge is 2.21. The van der Waals surface area contributed by atoms with Gasteiger partial charge < -0.3 is 9.13 Å². The molecule has 0 saturated heterocycles. The van der Waals surface area contributed by atoms with E-state index in [-0.39, 0.29) is 12.6 Å². The van der Waals surface area contributed by atoms with Crippen molar-refractivity contribution in [3.63, 3.8) is 0 Å². The molecular formula is C26H30N4O2S. The zero-order chi connectivity index (χ0) is 23.6. The molecule has 0 radical (unpaired) electrons. The van der Waals surface area contributed by atoms with Crippen LogP contribution in [0.1, 0.15) is 28.3 Å². The molecule has 1 unspecified atom stereocenters. The number of hydrogen-bond donors (Lipinski definition) is 2. The molecule has 4 rings (SSSR count). The van der Waals surface area contributed by atoms with Gasteiger partial charge in [0.25, 0.3) is 0 Å². The van der Waals surface area contributed by atoms with Crippen LogP contribution in [0.3, 0.4) is 0 Å². The molecule has 0 bridgehead atoms. The van der Waals surface area contributed by atoms with Gasteiger partial charge in [-0.1, -0.05) is 71.8 Å². The van der Waals surface area contributed by atoms with Crippen LogP contribution >= 0.6 is 0 Å². The standard InChI is InChI=1S/C26H30N4O2S/c1-19-8-12-21(13-9-19)16-23(17-28-33(3,31)32)30-25-7-5-4-6-24(25)29(26(30)27)18-22-14-10-20(2)11-15-22/h4-15,23,27-28H,16-18H2,1-3H3. The van der Waals surface area contributed by atoms with Crippen molar-refractivity contribution in [3.05, 3.63) is 101 Å². The first kappa shape index (κ1) is 23.0. The minimum atomic E-state index is -3.37. The van der Waals surface area contributed by atoms with Crippen molar-refractivity contribution in [2.45, 2.75) is 32.9 Å². The molecule has 172 valence electrons. The van der Waals surface area contributed by atoms with Crippen LogP contribution in [0.4, 0.5) is 0 Å². The van der Waals surface area contributed by atoms with Gasteiger partial charge in [-0.15, -0.1) is 0 Å². The van der Waals surface area contributed by atoms with Crippen LogP contribution < -0.4 is 10.3 Å². The predicted octanol–water partition coefficient (Wildman–Crippen LogP) is 3.92. The quantitative estimate of drug-likeness (QED) is 0.416. The van der Waals surface area contributed by atoms with Crippen LogP contribution in [-0.4, -0.2) is 30.4 Å². The number of rotatable bonds is 8. The van der Waals surface area contributed by atoms with Crippen LogP contribution in [0, 0.1) is 19.3 Å². The summed E-state index contributed by atoms with van der Waals surface area (Å²) in [5.74, 6) is 0. The predicted molar refractivity (Wildman–Crippen MR) is 133 cm³/mol. The Morgan fingerprint density at radius 3 is 1.97 bits per heavy atom. The van der Waals surface area contributed by atoms with Crippen molar-refractivity contribution in [2.24, 2.45) is 0 Å². The maximum Gasteiger partial charge on any atom is 0.208 e. The molecule has 0 spiro atoms. The zero-order valence-corrected chi connectivity index (χ0v) is 20.1. The maximum absolute atomic E-state index is 11.9. The Kier molecular flexibility index (Phi) is 6.54. The summed E-state index contributed by atoms with van der Waals surface area (Å²) in [6.07, 6.45) is 1.78. The number of imidazole rings is 1. The lowest BCUT2D eigenvalue weighted by Crippen LogP contribution is -2.36. The minimum absolute atomic E-state index is 0.210. The van der Waals surface area contributed by atoms with E-state index in [1.807, 2.05) is 40.3 Å². The molecule has 3 aromatic carbocycles. The van der Waals surface area contributed by atoms with E-state index in [1.54, 1.807) is 0 Å². The van der Waals surface area contributed by atoms with Gasteiger partial charge in [-0.2, -0.15) is 0 Å². The van der Waals surface area contributed by atoms with Crippen LogP contribution in [0.5, 0.6) is 0 Å². The molecule has 0 aliphatic carbocycles. The van der Waals surface area contributed by atoms with Crippen LogP contribution in [0.15, 0.2) is 72.8 Å². The number of nitrogens with one attached hydrogen (secondary N) is 2. The first-order valence-corrected chi connectivity index (χ1v) is 12.9. The van der Waals surface area contributed by atoms with E-state index in [0.717, 1.165) is 22.2 Å². The second kappa shape index (κ2) is 9.37. The van der Waals surface area contributed by atoms with Crippen molar-refractivity contribution in [3.8, 4) is 0 Å². The van der Waals surface area contributed by atoms with Crippen molar-refractivity contribution in [1.82, 2.24) is 13.9 Å². The van der Waals surface area contributed by atoms with E-state index in [2.05, 4.69) is 60.2 Å². The average molecular weight is 463 g/mol. The van der Waals surface area contributed by atoms with Crippen molar-refractivity contribution in [2.75, 3.05) is 12.8 Å². The summed E-state index contributed by atoms with van der Waals surface area (Å²) < 4.78 is 30.4. The highest BCUT2D eigenvalue weighted by Crippen LogP contribution is 2.22. The Hall–Kier alpha value is -3.16. The SMILES string of the molecule is Cc1ccc(CC(CNS(C)(=O)=O)n2c(=N)n(Cc3ccc(C)cc3)c3ccccc32)cc1. The lowest BCUT2D eigenvalue weighted by molar-refractivity contribution is 0.467. The van der Waals surface area contributed by atoms with E-state index in [9.17, 15) is 8.42 Å². The first-order valence-electron chi connectivity index (χ1n) is 11.0. The van der Waals surface area contributed by atoms with E-state index in [0.29, 0.717) is 18.6 Å². The Morgan fingerprint density at radius 1 is 0.848 bits per heavy atom. The molecule has 0 aliphatic rings. The van der Waals surface area contributed by atoms with Crippen LogP contribution in [-0.2, 0) is 23.0 Å². The van der Waals surface area contributed by atoms with Crippen molar-refractivity contribution < 1.29 is 8.42 Å². The lowest BCUT2D eigenvalue weighted by Gasteiger charge is -2.20. The Balaban J connectivity index is 1.80. The fraction of sp³-hybridized carbons (Fsp3) is 0.269. The average Bonchev–Trinajstić information content (AvgIpc) is 3.05. The summed E-state index contributed by atoms with van der Waals surface area (Å²) >= 11 is 0. The molecule has 6 nitrogen and oxygen atoms in total. The third-order valence-electron chi connectivity index (χ3n) is 5.92. The largest absolute Gasteiger partial charge is 0.306 e. The van der Waals surface area contributed by atoms with E-state index < -0.39 is 10.0 Å². The number of para-hydroxylation sites is 2. The molecule has 1 atom stereocenters. The summed E-state index contributed by atoms with van der Waals surface area (Å²) in [6.45, 7) is 4.89. The number of hydrogen-bond acceptors (Lipinski definition) is 3. The molecule has 0 saturated carbocycles. The van der Waals surface area contributed by atoms with Gasteiger partial charge in [0.15, 0.2) is 0 Å².